The smallest absolute Gasteiger partial charge is 0.158 e. The molecular weight excluding hydrogens is 455 g/mol. The number of nitrogens with zero attached hydrogens (tertiary/aromatic N) is 4. The Morgan fingerprint density at radius 1 is 1.24 bits per heavy atom. The lowest BCUT2D eigenvalue weighted by Crippen LogP contribution is -2.49. The van der Waals surface area contributed by atoms with E-state index in [1.807, 2.05) is 0 Å². The van der Waals surface area contributed by atoms with Gasteiger partial charge in [0, 0.05) is 35.6 Å². The van der Waals surface area contributed by atoms with Gasteiger partial charge in [-0.3, -0.25) is 0 Å². The maximum atomic E-state index is 12.0. The van der Waals surface area contributed by atoms with Crippen LogP contribution in [0.1, 0.15) is 12.8 Å². The van der Waals surface area contributed by atoms with E-state index in [9.17, 15) is 8.42 Å². The molecule has 0 aliphatic carbocycles. The van der Waals surface area contributed by atoms with Crippen LogP contribution in [0.2, 0.25) is 10.2 Å². The zero-order valence-corrected chi connectivity index (χ0v) is 18.5. The highest BCUT2D eigenvalue weighted by Crippen LogP contribution is 2.42. The normalized spacial score (nSPS) is 22.9. The van der Waals surface area contributed by atoms with E-state index >= 15 is 0 Å². The zero-order chi connectivity index (χ0) is 20.8. The summed E-state index contributed by atoms with van der Waals surface area (Å²) >= 11 is 13.4. The number of rotatable bonds is 3. The van der Waals surface area contributed by atoms with E-state index in [0.717, 1.165) is 0 Å². The number of halogens is 2. The summed E-state index contributed by atoms with van der Waals surface area (Å²) in [5, 5.41) is 1.08. The SMILES string of the molecule is Nc1nc(N2CCC3(CC2)CS(=O)(=O)C[C@H]3N)cnc1Sc1ccnc(Cl)c1Cl. The number of pyridine rings is 1. The van der Waals surface area contributed by atoms with Gasteiger partial charge in [-0.15, -0.1) is 0 Å². The summed E-state index contributed by atoms with van der Waals surface area (Å²) in [6.07, 6.45) is 4.64. The Labute approximate surface area is 183 Å². The maximum absolute atomic E-state index is 12.0. The van der Waals surface area contributed by atoms with E-state index in [0.29, 0.717) is 46.7 Å². The molecule has 2 aromatic heterocycles. The molecule has 4 rings (SSSR count). The first kappa shape index (κ1) is 20.9. The van der Waals surface area contributed by atoms with Gasteiger partial charge in [0.2, 0.25) is 0 Å². The largest absolute Gasteiger partial charge is 0.381 e. The number of anilines is 2. The molecule has 0 bridgehead atoms. The van der Waals surface area contributed by atoms with Crippen LogP contribution in [0.3, 0.4) is 0 Å². The quantitative estimate of drug-likeness (QED) is 0.643. The molecule has 12 heteroatoms. The molecule has 2 aliphatic heterocycles. The maximum Gasteiger partial charge on any atom is 0.158 e. The lowest BCUT2D eigenvalue weighted by molar-refractivity contribution is 0.224. The summed E-state index contributed by atoms with van der Waals surface area (Å²) in [7, 11) is -3.05. The number of aromatic nitrogens is 3. The van der Waals surface area contributed by atoms with Crippen molar-refractivity contribution in [3.05, 3.63) is 28.6 Å². The first-order valence-electron chi connectivity index (χ1n) is 9.00. The van der Waals surface area contributed by atoms with Crippen molar-refractivity contribution in [2.45, 2.75) is 28.8 Å². The highest BCUT2D eigenvalue weighted by Gasteiger charge is 2.49. The van der Waals surface area contributed by atoms with Gasteiger partial charge in [0.1, 0.15) is 16.0 Å². The molecule has 0 saturated carbocycles. The van der Waals surface area contributed by atoms with Crippen molar-refractivity contribution in [1.82, 2.24) is 15.0 Å². The minimum atomic E-state index is -3.05. The second kappa shape index (κ2) is 7.73. The van der Waals surface area contributed by atoms with Crippen LogP contribution in [-0.4, -0.2) is 54.0 Å². The molecule has 1 spiro atoms. The minimum Gasteiger partial charge on any atom is -0.381 e. The highest BCUT2D eigenvalue weighted by atomic mass is 35.5. The summed E-state index contributed by atoms with van der Waals surface area (Å²) in [6, 6.07) is 1.43. The van der Waals surface area contributed by atoms with Crippen molar-refractivity contribution < 1.29 is 8.42 Å². The molecule has 8 nitrogen and oxygen atoms in total. The predicted octanol–water partition coefficient (Wildman–Crippen LogP) is 2.25. The fourth-order valence-corrected chi connectivity index (χ4v) is 7.57. The molecule has 0 amide bonds. The average Bonchev–Trinajstić information content (AvgIpc) is 2.89. The van der Waals surface area contributed by atoms with Crippen molar-refractivity contribution in [3.8, 4) is 0 Å². The first-order valence-corrected chi connectivity index (χ1v) is 12.4. The van der Waals surface area contributed by atoms with Gasteiger partial charge in [0.05, 0.1) is 22.7 Å². The van der Waals surface area contributed by atoms with Crippen molar-refractivity contribution in [2.75, 3.05) is 35.2 Å². The Morgan fingerprint density at radius 2 is 1.97 bits per heavy atom. The third-order valence-corrected chi connectivity index (χ3v) is 9.41. The Bertz CT molecular complexity index is 1040. The molecule has 0 aromatic carbocycles. The standard InChI is InChI=1S/C17H20Cl2N6O2S2/c18-13-10(1-4-22-14(13)19)28-16-15(21)24-12(7-23-16)25-5-2-17(3-6-25)9-29(26,27)8-11(17)20/h1,4,7,11H,2-3,5-6,8-9,20H2,(H2,21,24)/t11-/m1/s1. The third-order valence-electron chi connectivity index (χ3n) is 5.58. The Hall–Kier alpha value is -1.33. The van der Waals surface area contributed by atoms with Crippen molar-refractivity contribution in [1.29, 1.82) is 0 Å². The van der Waals surface area contributed by atoms with Crippen LogP contribution < -0.4 is 16.4 Å². The van der Waals surface area contributed by atoms with E-state index in [1.54, 1.807) is 18.5 Å². The fraction of sp³-hybridized carbons (Fsp3) is 0.471. The summed E-state index contributed by atoms with van der Waals surface area (Å²) in [6.45, 7) is 1.32. The topological polar surface area (TPSA) is 128 Å². The molecule has 2 aromatic rings. The van der Waals surface area contributed by atoms with Gasteiger partial charge in [-0.05, 0) is 18.9 Å². The third kappa shape index (κ3) is 4.13. The van der Waals surface area contributed by atoms with Gasteiger partial charge in [-0.1, -0.05) is 35.0 Å². The van der Waals surface area contributed by atoms with Gasteiger partial charge < -0.3 is 16.4 Å². The number of hydrogen-bond acceptors (Lipinski definition) is 9. The highest BCUT2D eigenvalue weighted by molar-refractivity contribution is 7.99. The minimum absolute atomic E-state index is 0.0766. The number of nitrogens with two attached hydrogens (primary N) is 2. The molecule has 4 N–H and O–H groups in total. The summed E-state index contributed by atoms with van der Waals surface area (Å²) in [5.74, 6) is 1.20. The Balaban J connectivity index is 1.47. The lowest BCUT2D eigenvalue weighted by Gasteiger charge is -2.41. The van der Waals surface area contributed by atoms with Crippen LogP contribution in [0, 0.1) is 5.41 Å². The molecule has 156 valence electrons. The van der Waals surface area contributed by atoms with E-state index in [1.165, 1.54) is 11.8 Å². The van der Waals surface area contributed by atoms with E-state index < -0.39 is 9.84 Å². The van der Waals surface area contributed by atoms with Crippen molar-refractivity contribution in [3.63, 3.8) is 0 Å². The van der Waals surface area contributed by atoms with Crippen molar-refractivity contribution in [2.24, 2.45) is 11.1 Å². The Morgan fingerprint density at radius 3 is 2.59 bits per heavy atom. The fourth-order valence-electron chi connectivity index (χ4n) is 3.95. The zero-order valence-electron chi connectivity index (χ0n) is 15.4. The van der Waals surface area contributed by atoms with Gasteiger partial charge in [-0.25, -0.2) is 23.4 Å². The average molecular weight is 475 g/mol. The molecule has 2 saturated heterocycles. The van der Waals surface area contributed by atoms with E-state index in [4.69, 9.17) is 34.7 Å². The first-order chi connectivity index (χ1) is 13.7. The molecule has 2 fully saturated rings. The number of hydrogen-bond donors (Lipinski definition) is 2. The summed E-state index contributed by atoms with van der Waals surface area (Å²) < 4.78 is 24.0. The summed E-state index contributed by atoms with van der Waals surface area (Å²) in [4.78, 5) is 15.6. The monoisotopic (exact) mass is 474 g/mol. The van der Waals surface area contributed by atoms with Crippen LogP contribution in [0.5, 0.6) is 0 Å². The lowest BCUT2D eigenvalue weighted by atomic mass is 9.75. The van der Waals surface area contributed by atoms with Gasteiger partial charge in [0.15, 0.2) is 15.7 Å². The molecule has 2 aliphatic rings. The number of nitrogen functional groups attached to an aromatic ring is 1. The molecule has 29 heavy (non-hydrogen) atoms. The molecule has 4 heterocycles. The van der Waals surface area contributed by atoms with E-state index in [-0.39, 0.29) is 33.9 Å². The van der Waals surface area contributed by atoms with Crippen LogP contribution in [0.15, 0.2) is 28.4 Å². The van der Waals surface area contributed by atoms with E-state index in [2.05, 4.69) is 19.9 Å². The molecular formula is C17H20Cl2N6O2S2. The van der Waals surface area contributed by atoms with Crippen LogP contribution in [0.25, 0.3) is 0 Å². The number of sulfone groups is 1. The van der Waals surface area contributed by atoms with Gasteiger partial charge in [0.25, 0.3) is 0 Å². The van der Waals surface area contributed by atoms with Gasteiger partial charge in [-0.2, -0.15) is 0 Å². The Kier molecular flexibility index (Phi) is 5.58. The second-order valence-corrected chi connectivity index (χ2v) is 11.3. The number of piperidine rings is 1. The van der Waals surface area contributed by atoms with Crippen LogP contribution >= 0.6 is 35.0 Å². The van der Waals surface area contributed by atoms with Gasteiger partial charge >= 0.3 is 0 Å². The van der Waals surface area contributed by atoms with Crippen molar-refractivity contribution >= 4 is 56.4 Å². The molecule has 0 unspecified atom stereocenters. The van der Waals surface area contributed by atoms with Crippen LogP contribution in [-0.2, 0) is 9.84 Å². The predicted molar refractivity (Wildman–Crippen MR) is 115 cm³/mol. The molecule has 1 atom stereocenters. The second-order valence-electron chi connectivity index (χ2n) is 7.45. The summed E-state index contributed by atoms with van der Waals surface area (Å²) in [5.41, 5.74) is 12.0. The van der Waals surface area contributed by atoms with Crippen LogP contribution in [0.4, 0.5) is 11.6 Å². The molecule has 0 radical (unpaired) electrons.